The summed E-state index contributed by atoms with van der Waals surface area (Å²) in [7, 11) is 0. The van der Waals surface area contributed by atoms with Gasteiger partial charge in [0, 0.05) is 17.8 Å². The van der Waals surface area contributed by atoms with Crippen molar-refractivity contribution in [3.8, 4) is 0 Å². The second-order valence-electron chi connectivity index (χ2n) is 6.10. The molecule has 0 aliphatic carbocycles. The van der Waals surface area contributed by atoms with E-state index in [2.05, 4.69) is 15.6 Å². The number of hydrogen-bond donors (Lipinski definition) is 2. The van der Waals surface area contributed by atoms with Gasteiger partial charge in [-0.3, -0.25) is 14.4 Å². The summed E-state index contributed by atoms with van der Waals surface area (Å²) in [4.78, 5) is 39.9. The number of pyridine rings is 1. The first-order valence-corrected chi connectivity index (χ1v) is 8.04. The predicted octanol–water partition coefficient (Wildman–Crippen LogP) is 2.92. The van der Waals surface area contributed by atoms with Gasteiger partial charge in [0.15, 0.2) is 5.78 Å². The van der Waals surface area contributed by atoms with E-state index in [1.54, 1.807) is 36.4 Å². The molecule has 0 saturated heterocycles. The first-order valence-electron chi connectivity index (χ1n) is 8.04. The fourth-order valence-corrected chi connectivity index (χ4v) is 2.09. The Kier molecular flexibility index (Phi) is 6.00. The molecule has 0 unspecified atom stereocenters. The molecule has 2 N–H and O–H groups in total. The summed E-state index contributed by atoms with van der Waals surface area (Å²) in [6.07, 6.45) is 0. The van der Waals surface area contributed by atoms with E-state index in [-0.39, 0.29) is 23.1 Å². The van der Waals surface area contributed by atoms with Crippen LogP contribution in [-0.2, 0) is 0 Å². The van der Waals surface area contributed by atoms with E-state index in [1.165, 1.54) is 13.0 Å². The number of nitrogens with one attached hydrogen (secondary N) is 2. The van der Waals surface area contributed by atoms with Crippen molar-refractivity contribution >= 4 is 23.3 Å². The van der Waals surface area contributed by atoms with E-state index in [0.717, 1.165) is 0 Å². The van der Waals surface area contributed by atoms with Crippen LogP contribution in [0, 0.1) is 5.92 Å². The summed E-state index contributed by atoms with van der Waals surface area (Å²) >= 11 is 0. The zero-order chi connectivity index (χ0) is 18.4. The van der Waals surface area contributed by atoms with Crippen molar-refractivity contribution in [2.75, 3.05) is 11.9 Å². The highest BCUT2D eigenvalue weighted by Crippen LogP contribution is 2.12. The van der Waals surface area contributed by atoms with Gasteiger partial charge in [-0.15, -0.1) is 0 Å². The molecule has 6 heteroatoms. The molecule has 25 heavy (non-hydrogen) atoms. The fourth-order valence-electron chi connectivity index (χ4n) is 2.09. The number of carbonyl (C=O) groups is 3. The number of anilines is 1. The summed E-state index contributed by atoms with van der Waals surface area (Å²) in [5.41, 5.74) is 1.32. The molecule has 0 fully saturated rings. The number of hydrogen-bond acceptors (Lipinski definition) is 4. The van der Waals surface area contributed by atoms with Crippen LogP contribution >= 0.6 is 0 Å². The number of ketones is 1. The molecule has 0 atom stereocenters. The quantitative estimate of drug-likeness (QED) is 0.792. The molecule has 6 nitrogen and oxygen atoms in total. The van der Waals surface area contributed by atoms with E-state index in [9.17, 15) is 14.4 Å². The van der Waals surface area contributed by atoms with Gasteiger partial charge >= 0.3 is 0 Å². The number of benzene rings is 1. The van der Waals surface area contributed by atoms with Crippen molar-refractivity contribution in [2.45, 2.75) is 20.8 Å². The fraction of sp³-hybridized carbons (Fsp3) is 0.263. The Morgan fingerprint density at radius 3 is 2.28 bits per heavy atom. The number of amides is 2. The number of Topliss-reactive ketones (excluding diaryl/α,β-unsaturated/α-hetero) is 1. The molecule has 1 aromatic heterocycles. The molecule has 0 spiro atoms. The van der Waals surface area contributed by atoms with Gasteiger partial charge in [0.1, 0.15) is 11.4 Å². The van der Waals surface area contributed by atoms with Gasteiger partial charge in [0.2, 0.25) is 0 Å². The zero-order valence-corrected chi connectivity index (χ0v) is 14.5. The second kappa shape index (κ2) is 8.19. The number of carbonyl (C=O) groups excluding carboxylic acids is 3. The Labute approximate surface area is 146 Å². The highest BCUT2D eigenvalue weighted by molar-refractivity contribution is 6.04. The van der Waals surface area contributed by atoms with Gasteiger partial charge < -0.3 is 10.6 Å². The van der Waals surface area contributed by atoms with Gasteiger partial charge in [-0.05, 0) is 37.1 Å². The van der Waals surface area contributed by atoms with E-state index >= 15 is 0 Å². The summed E-state index contributed by atoms with van der Waals surface area (Å²) in [6.45, 7) is 5.98. The average molecular weight is 339 g/mol. The van der Waals surface area contributed by atoms with Crippen LogP contribution in [-0.4, -0.2) is 29.1 Å². The largest absolute Gasteiger partial charge is 0.350 e. The Bertz CT molecular complexity index is 800. The molecule has 1 aromatic carbocycles. The minimum absolute atomic E-state index is 0.0851. The molecule has 0 radical (unpaired) electrons. The predicted molar refractivity (Wildman–Crippen MR) is 95.8 cm³/mol. The lowest BCUT2D eigenvalue weighted by atomic mass is 10.1. The highest BCUT2D eigenvalue weighted by Gasteiger charge is 2.13. The molecule has 2 rings (SSSR count). The molecular weight excluding hydrogens is 318 g/mol. The van der Waals surface area contributed by atoms with Crippen molar-refractivity contribution in [3.05, 3.63) is 59.4 Å². The zero-order valence-electron chi connectivity index (χ0n) is 14.5. The molecule has 130 valence electrons. The van der Waals surface area contributed by atoms with Crippen LogP contribution in [0.5, 0.6) is 0 Å². The van der Waals surface area contributed by atoms with E-state index in [0.29, 0.717) is 23.7 Å². The van der Waals surface area contributed by atoms with E-state index < -0.39 is 5.91 Å². The Hall–Kier alpha value is -3.02. The Balaban J connectivity index is 2.12. The second-order valence-corrected chi connectivity index (χ2v) is 6.10. The Morgan fingerprint density at radius 2 is 1.64 bits per heavy atom. The Morgan fingerprint density at radius 1 is 1.00 bits per heavy atom. The standard InChI is InChI=1S/C19H21N3O3/c1-12(2)11-20-18(24)16-8-5-9-17(22-16)19(25)21-15-7-4-6-14(10-15)13(3)23/h4-10,12H,11H2,1-3H3,(H,20,24)(H,21,25). The lowest BCUT2D eigenvalue weighted by Crippen LogP contribution is -2.28. The van der Waals surface area contributed by atoms with Crippen LogP contribution in [0.3, 0.4) is 0 Å². The summed E-state index contributed by atoms with van der Waals surface area (Å²) in [5, 5.41) is 5.45. The molecule has 0 aliphatic heterocycles. The lowest BCUT2D eigenvalue weighted by Gasteiger charge is -2.09. The summed E-state index contributed by atoms with van der Waals surface area (Å²) < 4.78 is 0. The third kappa shape index (κ3) is 5.24. The van der Waals surface area contributed by atoms with Crippen LogP contribution < -0.4 is 10.6 Å². The molecule has 1 heterocycles. The van der Waals surface area contributed by atoms with Crippen LogP contribution in [0.4, 0.5) is 5.69 Å². The number of aromatic nitrogens is 1. The van der Waals surface area contributed by atoms with Crippen molar-refractivity contribution in [2.24, 2.45) is 5.92 Å². The van der Waals surface area contributed by atoms with E-state index in [1.807, 2.05) is 13.8 Å². The van der Waals surface area contributed by atoms with Crippen molar-refractivity contribution in [1.29, 1.82) is 0 Å². The minimum Gasteiger partial charge on any atom is -0.350 e. The maximum absolute atomic E-state index is 12.3. The maximum Gasteiger partial charge on any atom is 0.274 e. The smallest absolute Gasteiger partial charge is 0.274 e. The monoisotopic (exact) mass is 339 g/mol. The minimum atomic E-state index is -0.445. The molecule has 0 bridgehead atoms. The molecule has 2 amide bonds. The van der Waals surface area contributed by atoms with Gasteiger partial charge in [0.25, 0.3) is 11.8 Å². The van der Waals surface area contributed by atoms with Gasteiger partial charge in [-0.25, -0.2) is 4.98 Å². The van der Waals surface area contributed by atoms with Gasteiger partial charge in [-0.2, -0.15) is 0 Å². The number of rotatable bonds is 6. The third-order valence-electron chi connectivity index (χ3n) is 3.41. The van der Waals surface area contributed by atoms with Crippen molar-refractivity contribution in [1.82, 2.24) is 10.3 Å². The van der Waals surface area contributed by atoms with Gasteiger partial charge in [0.05, 0.1) is 0 Å². The van der Waals surface area contributed by atoms with Gasteiger partial charge in [-0.1, -0.05) is 32.0 Å². The van der Waals surface area contributed by atoms with Crippen molar-refractivity contribution in [3.63, 3.8) is 0 Å². The molecule has 0 saturated carbocycles. The maximum atomic E-state index is 12.3. The summed E-state index contributed by atoms with van der Waals surface area (Å²) in [5.74, 6) is -0.525. The molecule has 0 aliphatic rings. The first-order chi connectivity index (χ1) is 11.9. The normalized spacial score (nSPS) is 10.4. The van der Waals surface area contributed by atoms with Crippen LogP contribution in [0.2, 0.25) is 0 Å². The van der Waals surface area contributed by atoms with Crippen LogP contribution in [0.15, 0.2) is 42.5 Å². The average Bonchev–Trinajstić information content (AvgIpc) is 2.60. The SMILES string of the molecule is CC(=O)c1cccc(NC(=O)c2cccc(C(=O)NCC(C)C)n2)c1. The topological polar surface area (TPSA) is 88.2 Å². The highest BCUT2D eigenvalue weighted by atomic mass is 16.2. The first kappa shape index (κ1) is 18.3. The molecule has 2 aromatic rings. The number of nitrogens with zero attached hydrogens (tertiary/aromatic N) is 1. The van der Waals surface area contributed by atoms with Crippen LogP contribution in [0.1, 0.15) is 52.1 Å². The van der Waals surface area contributed by atoms with Crippen molar-refractivity contribution < 1.29 is 14.4 Å². The third-order valence-corrected chi connectivity index (χ3v) is 3.41. The van der Waals surface area contributed by atoms with Crippen LogP contribution in [0.25, 0.3) is 0 Å². The van der Waals surface area contributed by atoms with E-state index in [4.69, 9.17) is 0 Å². The summed E-state index contributed by atoms with van der Waals surface area (Å²) in [6, 6.07) is 11.3. The molecular formula is C19H21N3O3. The lowest BCUT2D eigenvalue weighted by molar-refractivity contribution is 0.0942.